The number of hydrogen-bond acceptors (Lipinski definition) is 5. The molecule has 1 amide bonds. The summed E-state index contributed by atoms with van der Waals surface area (Å²) < 4.78 is 0. The van der Waals surface area contributed by atoms with E-state index < -0.39 is 0 Å². The molecule has 1 aromatic heterocycles. The zero-order chi connectivity index (χ0) is 17.5. The molecule has 2 aromatic rings. The molecule has 128 valence electrons. The summed E-state index contributed by atoms with van der Waals surface area (Å²) in [6, 6.07) is 7.36. The highest BCUT2D eigenvalue weighted by Crippen LogP contribution is 2.30. The lowest BCUT2D eigenvalue weighted by molar-refractivity contribution is -0.118. The summed E-state index contributed by atoms with van der Waals surface area (Å²) in [6.07, 6.45) is 2.38. The van der Waals surface area contributed by atoms with Crippen LogP contribution in [0.3, 0.4) is 0 Å². The first-order valence-electron chi connectivity index (χ1n) is 7.51. The molecule has 6 nitrogen and oxygen atoms in total. The fraction of sp³-hybridized carbons (Fsp3) is 0.312. The monoisotopic (exact) mass is 411 g/mol. The molecule has 0 radical (unpaired) electrons. The molecule has 0 aliphatic rings. The van der Waals surface area contributed by atoms with Crippen molar-refractivity contribution in [3.63, 3.8) is 0 Å². The molecule has 0 aliphatic heterocycles. The van der Waals surface area contributed by atoms with Crippen molar-refractivity contribution in [3.8, 4) is 11.1 Å². The smallest absolute Gasteiger partial charge is 0.230 e. The van der Waals surface area contributed by atoms with Gasteiger partial charge in [-0.15, -0.1) is 0 Å². The van der Waals surface area contributed by atoms with Crippen molar-refractivity contribution >= 4 is 45.2 Å². The summed E-state index contributed by atoms with van der Waals surface area (Å²) >= 11 is 9.05. The average Bonchev–Trinajstić information content (AvgIpc) is 2.55. The Bertz CT molecular complexity index is 708. The Morgan fingerprint density at radius 2 is 1.88 bits per heavy atom. The van der Waals surface area contributed by atoms with Crippen LogP contribution in [-0.2, 0) is 11.2 Å². The molecule has 0 bridgehead atoms. The Labute approximate surface area is 154 Å². The van der Waals surface area contributed by atoms with E-state index in [9.17, 15) is 4.79 Å². The summed E-state index contributed by atoms with van der Waals surface area (Å²) in [4.78, 5) is 19.6. The van der Waals surface area contributed by atoms with Crippen LogP contribution in [0.4, 0.5) is 11.8 Å². The first-order chi connectivity index (χ1) is 11.5. The number of halogens is 2. The SMILES string of the molecule is Nc1nc(N)c(-c2ccc(Cl)cc2)c(CCCCNC(=O)CBr)n1. The number of hydrogen-bond donors (Lipinski definition) is 3. The third-order valence-electron chi connectivity index (χ3n) is 3.45. The number of rotatable bonds is 7. The molecular weight excluding hydrogens is 394 g/mol. The Morgan fingerprint density at radius 3 is 2.54 bits per heavy atom. The Hall–Kier alpha value is -1.86. The maximum absolute atomic E-state index is 11.2. The van der Waals surface area contributed by atoms with Crippen LogP contribution in [0.1, 0.15) is 18.5 Å². The Balaban J connectivity index is 2.11. The van der Waals surface area contributed by atoms with Crippen molar-refractivity contribution in [3.05, 3.63) is 35.0 Å². The number of carbonyl (C=O) groups excluding carboxylic acids is 1. The van der Waals surface area contributed by atoms with E-state index >= 15 is 0 Å². The number of amides is 1. The van der Waals surface area contributed by atoms with Crippen LogP contribution in [0.25, 0.3) is 11.1 Å². The average molecular weight is 413 g/mol. The van der Waals surface area contributed by atoms with Gasteiger partial charge in [0.1, 0.15) is 5.82 Å². The van der Waals surface area contributed by atoms with Gasteiger partial charge in [0.25, 0.3) is 0 Å². The number of nitrogens with one attached hydrogen (secondary N) is 1. The highest BCUT2D eigenvalue weighted by Gasteiger charge is 2.13. The number of nitrogens with two attached hydrogens (primary N) is 2. The molecule has 24 heavy (non-hydrogen) atoms. The Kier molecular flexibility index (Phi) is 6.81. The van der Waals surface area contributed by atoms with Gasteiger partial charge in [0, 0.05) is 17.1 Å². The highest BCUT2D eigenvalue weighted by atomic mass is 79.9. The maximum atomic E-state index is 11.2. The van der Waals surface area contributed by atoms with E-state index in [0.29, 0.717) is 29.1 Å². The number of anilines is 2. The van der Waals surface area contributed by atoms with Gasteiger partial charge in [0.05, 0.1) is 11.0 Å². The van der Waals surface area contributed by atoms with Crippen molar-refractivity contribution < 1.29 is 4.79 Å². The number of benzene rings is 1. The van der Waals surface area contributed by atoms with Gasteiger partial charge in [-0.2, -0.15) is 4.98 Å². The molecule has 0 saturated heterocycles. The topological polar surface area (TPSA) is 107 Å². The molecule has 1 heterocycles. The normalized spacial score (nSPS) is 10.6. The summed E-state index contributed by atoms with van der Waals surface area (Å²) in [5.41, 5.74) is 14.3. The van der Waals surface area contributed by atoms with Crippen LogP contribution in [0, 0.1) is 0 Å². The standard InChI is InChI=1S/C16H19BrClN5O/c17-9-13(24)21-8-2-1-3-12-14(15(19)23-16(20)22-12)10-4-6-11(18)7-5-10/h4-7H,1-3,8-9H2,(H,21,24)(H4,19,20,22,23). The van der Waals surface area contributed by atoms with Gasteiger partial charge in [-0.05, 0) is 37.0 Å². The third kappa shape index (κ3) is 5.07. The minimum Gasteiger partial charge on any atom is -0.383 e. The van der Waals surface area contributed by atoms with Crippen molar-refractivity contribution in [2.75, 3.05) is 23.3 Å². The van der Waals surface area contributed by atoms with Crippen LogP contribution in [0.2, 0.25) is 5.02 Å². The second-order valence-corrected chi connectivity index (χ2v) is 6.23. The molecule has 0 saturated carbocycles. The van der Waals surface area contributed by atoms with Crippen molar-refractivity contribution in [2.24, 2.45) is 0 Å². The van der Waals surface area contributed by atoms with E-state index in [1.807, 2.05) is 12.1 Å². The largest absolute Gasteiger partial charge is 0.383 e. The van der Waals surface area contributed by atoms with Gasteiger partial charge in [-0.1, -0.05) is 39.7 Å². The summed E-state index contributed by atoms with van der Waals surface area (Å²) in [5.74, 6) is 0.493. The van der Waals surface area contributed by atoms with Crippen LogP contribution < -0.4 is 16.8 Å². The fourth-order valence-corrected chi connectivity index (χ4v) is 2.68. The lowest BCUT2D eigenvalue weighted by atomic mass is 10.0. The van der Waals surface area contributed by atoms with Crippen molar-refractivity contribution in [1.29, 1.82) is 0 Å². The molecule has 0 fully saturated rings. The van der Waals surface area contributed by atoms with Gasteiger partial charge < -0.3 is 16.8 Å². The minimum absolute atomic E-state index is 0.0209. The van der Waals surface area contributed by atoms with E-state index in [1.54, 1.807) is 12.1 Å². The maximum Gasteiger partial charge on any atom is 0.230 e. The molecule has 0 unspecified atom stereocenters. The predicted octanol–water partition coefficient (Wildman–Crippen LogP) is 2.80. The predicted molar refractivity (Wildman–Crippen MR) is 101 cm³/mol. The van der Waals surface area contributed by atoms with E-state index in [4.69, 9.17) is 23.1 Å². The first kappa shape index (κ1) is 18.5. The summed E-state index contributed by atoms with van der Waals surface area (Å²) in [5, 5.41) is 3.77. The zero-order valence-electron chi connectivity index (χ0n) is 13.1. The number of aromatic nitrogens is 2. The van der Waals surface area contributed by atoms with Gasteiger partial charge >= 0.3 is 0 Å². The number of nitrogens with zero attached hydrogens (tertiary/aromatic N) is 2. The summed E-state index contributed by atoms with van der Waals surface area (Å²) in [6.45, 7) is 0.622. The van der Waals surface area contributed by atoms with Crippen LogP contribution in [-0.4, -0.2) is 27.7 Å². The quantitative estimate of drug-likeness (QED) is 0.479. The summed E-state index contributed by atoms with van der Waals surface area (Å²) in [7, 11) is 0. The van der Waals surface area contributed by atoms with E-state index in [0.717, 1.165) is 29.7 Å². The first-order valence-corrected chi connectivity index (χ1v) is 9.01. The van der Waals surface area contributed by atoms with Crippen molar-refractivity contribution in [2.45, 2.75) is 19.3 Å². The van der Waals surface area contributed by atoms with E-state index in [1.165, 1.54) is 0 Å². The Morgan fingerprint density at radius 1 is 1.17 bits per heavy atom. The fourth-order valence-electron chi connectivity index (χ4n) is 2.35. The second-order valence-electron chi connectivity index (χ2n) is 5.24. The number of alkyl halides is 1. The zero-order valence-corrected chi connectivity index (χ0v) is 15.4. The molecule has 5 N–H and O–H groups in total. The number of unbranched alkanes of at least 4 members (excludes halogenated alkanes) is 1. The second kappa shape index (κ2) is 8.84. The third-order valence-corrected chi connectivity index (χ3v) is 4.21. The lowest BCUT2D eigenvalue weighted by Crippen LogP contribution is -2.25. The molecular formula is C16H19BrClN5O. The molecule has 1 aromatic carbocycles. The number of nitrogen functional groups attached to an aromatic ring is 2. The van der Waals surface area contributed by atoms with Gasteiger partial charge in [0.15, 0.2) is 0 Å². The van der Waals surface area contributed by atoms with E-state index in [-0.39, 0.29) is 11.9 Å². The molecule has 0 spiro atoms. The number of carbonyl (C=O) groups is 1. The van der Waals surface area contributed by atoms with Crippen LogP contribution in [0.15, 0.2) is 24.3 Å². The number of aryl methyl sites for hydroxylation is 1. The molecule has 0 aliphatic carbocycles. The minimum atomic E-state index is -0.0209. The molecule has 2 rings (SSSR count). The highest BCUT2D eigenvalue weighted by molar-refractivity contribution is 9.09. The molecule has 0 atom stereocenters. The van der Waals surface area contributed by atoms with Gasteiger partial charge in [0.2, 0.25) is 11.9 Å². The van der Waals surface area contributed by atoms with Crippen LogP contribution >= 0.6 is 27.5 Å². The van der Waals surface area contributed by atoms with Crippen molar-refractivity contribution in [1.82, 2.24) is 15.3 Å². The van der Waals surface area contributed by atoms with Gasteiger partial charge in [-0.3, -0.25) is 4.79 Å². The van der Waals surface area contributed by atoms with E-state index in [2.05, 4.69) is 31.2 Å². The van der Waals surface area contributed by atoms with Crippen LogP contribution in [0.5, 0.6) is 0 Å². The lowest BCUT2D eigenvalue weighted by Gasteiger charge is -2.12. The molecule has 8 heteroatoms. The van der Waals surface area contributed by atoms with Gasteiger partial charge in [-0.25, -0.2) is 4.98 Å².